The van der Waals surface area contributed by atoms with Crippen LogP contribution in [0.15, 0.2) is 42.6 Å². The van der Waals surface area contributed by atoms with E-state index < -0.39 is 17.3 Å². The highest BCUT2D eigenvalue weighted by atomic mass is 35.5. The number of pyridine rings is 1. The minimum atomic E-state index is -1.45. The lowest BCUT2D eigenvalue weighted by atomic mass is 9.91. The molecule has 2 N–H and O–H groups in total. The van der Waals surface area contributed by atoms with Crippen molar-refractivity contribution in [2.75, 3.05) is 5.32 Å². The van der Waals surface area contributed by atoms with Gasteiger partial charge in [0.25, 0.3) is 0 Å². The lowest BCUT2D eigenvalue weighted by molar-refractivity contribution is -0.143. The molecule has 0 aliphatic heterocycles. The molecule has 6 heteroatoms. The maximum atomic E-state index is 13.0. The number of aromatic nitrogens is 1. The maximum absolute atomic E-state index is 13.0. The molecule has 0 aliphatic carbocycles. The molecular formula is C15H14ClFN2O2. The lowest BCUT2D eigenvalue weighted by Crippen LogP contribution is -2.43. The molecule has 1 atom stereocenters. The Hall–Kier alpha value is -2.14. The Labute approximate surface area is 126 Å². The molecule has 0 radical (unpaired) electrons. The van der Waals surface area contributed by atoms with Crippen molar-refractivity contribution in [1.82, 2.24) is 4.98 Å². The first-order valence-corrected chi connectivity index (χ1v) is 6.75. The summed E-state index contributed by atoms with van der Waals surface area (Å²) < 4.78 is 13.0. The first kappa shape index (κ1) is 15.3. The standard InChI is InChI=1S/C15H14ClFN2O2/c1-2-15(14(20)21,13-7-6-11(17)9-18-13)19-12-5-3-4-10(16)8-12/h3-9,19H,2H2,1H3,(H,20,21). The molecule has 0 spiro atoms. The summed E-state index contributed by atoms with van der Waals surface area (Å²) in [7, 11) is 0. The second-order valence-corrected chi connectivity index (χ2v) is 5.00. The van der Waals surface area contributed by atoms with Crippen LogP contribution in [0.3, 0.4) is 0 Å². The molecule has 1 unspecified atom stereocenters. The third kappa shape index (κ3) is 3.13. The minimum absolute atomic E-state index is 0.230. The molecule has 0 amide bonds. The van der Waals surface area contributed by atoms with Gasteiger partial charge in [0.05, 0.1) is 11.9 Å². The fourth-order valence-corrected chi connectivity index (χ4v) is 2.28. The van der Waals surface area contributed by atoms with E-state index in [1.807, 2.05) is 0 Å². The molecule has 4 nitrogen and oxygen atoms in total. The number of nitrogens with one attached hydrogen (secondary N) is 1. The van der Waals surface area contributed by atoms with E-state index in [9.17, 15) is 14.3 Å². The van der Waals surface area contributed by atoms with E-state index in [2.05, 4.69) is 10.3 Å². The fraction of sp³-hybridized carbons (Fsp3) is 0.200. The van der Waals surface area contributed by atoms with Crippen LogP contribution in [0.4, 0.5) is 10.1 Å². The summed E-state index contributed by atoms with van der Waals surface area (Å²) >= 11 is 5.91. The van der Waals surface area contributed by atoms with Crippen LogP contribution in [0, 0.1) is 5.82 Å². The minimum Gasteiger partial charge on any atom is -0.479 e. The highest BCUT2D eigenvalue weighted by molar-refractivity contribution is 6.30. The summed E-state index contributed by atoms with van der Waals surface area (Å²) in [5.74, 6) is -1.61. The Kier molecular flexibility index (Phi) is 4.43. The molecule has 0 bridgehead atoms. The number of rotatable bonds is 5. The van der Waals surface area contributed by atoms with Crippen molar-refractivity contribution in [3.8, 4) is 0 Å². The summed E-state index contributed by atoms with van der Waals surface area (Å²) in [6.07, 6.45) is 1.23. The Morgan fingerprint density at radius 1 is 1.43 bits per heavy atom. The number of hydrogen-bond acceptors (Lipinski definition) is 3. The molecule has 0 saturated heterocycles. The molecule has 2 rings (SSSR count). The number of nitrogens with zero attached hydrogens (tertiary/aromatic N) is 1. The summed E-state index contributed by atoms with van der Waals surface area (Å²) in [6.45, 7) is 1.72. The Morgan fingerprint density at radius 3 is 2.71 bits per heavy atom. The van der Waals surface area contributed by atoms with E-state index in [0.717, 1.165) is 6.20 Å². The number of carboxylic acid groups (broad SMARTS) is 1. The van der Waals surface area contributed by atoms with Crippen molar-refractivity contribution in [2.45, 2.75) is 18.9 Å². The monoisotopic (exact) mass is 308 g/mol. The lowest BCUT2D eigenvalue weighted by Gasteiger charge is -2.30. The van der Waals surface area contributed by atoms with Crippen molar-refractivity contribution in [3.63, 3.8) is 0 Å². The number of hydrogen-bond donors (Lipinski definition) is 2. The van der Waals surface area contributed by atoms with E-state index in [4.69, 9.17) is 11.6 Å². The van der Waals surface area contributed by atoms with Crippen LogP contribution < -0.4 is 5.32 Å². The summed E-state index contributed by atoms with van der Waals surface area (Å²) in [6, 6.07) is 9.29. The van der Waals surface area contributed by atoms with Crippen LogP contribution in [0.1, 0.15) is 19.0 Å². The number of halogens is 2. The average molecular weight is 309 g/mol. The van der Waals surface area contributed by atoms with Crippen LogP contribution in [0.2, 0.25) is 5.02 Å². The van der Waals surface area contributed by atoms with E-state index in [0.29, 0.717) is 10.7 Å². The van der Waals surface area contributed by atoms with Gasteiger partial charge in [0, 0.05) is 10.7 Å². The molecule has 21 heavy (non-hydrogen) atoms. The zero-order valence-electron chi connectivity index (χ0n) is 11.3. The van der Waals surface area contributed by atoms with Crippen LogP contribution in [0.5, 0.6) is 0 Å². The number of aliphatic carboxylic acids is 1. The average Bonchev–Trinajstić information content (AvgIpc) is 2.45. The van der Waals surface area contributed by atoms with Gasteiger partial charge in [-0.05, 0) is 36.8 Å². The van der Waals surface area contributed by atoms with Gasteiger partial charge in [0.2, 0.25) is 0 Å². The van der Waals surface area contributed by atoms with Crippen molar-refractivity contribution in [2.24, 2.45) is 0 Å². The predicted molar refractivity (Wildman–Crippen MR) is 78.9 cm³/mol. The molecule has 110 valence electrons. The van der Waals surface area contributed by atoms with E-state index in [1.54, 1.807) is 31.2 Å². The molecule has 1 aromatic heterocycles. The number of carbonyl (C=O) groups is 1. The molecule has 2 aromatic rings. The van der Waals surface area contributed by atoms with Gasteiger partial charge < -0.3 is 10.4 Å². The first-order chi connectivity index (χ1) is 9.98. The molecular weight excluding hydrogens is 295 g/mol. The number of anilines is 1. The van der Waals surface area contributed by atoms with Crippen molar-refractivity contribution in [3.05, 3.63) is 59.1 Å². The number of carboxylic acids is 1. The smallest absolute Gasteiger partial charge is 0.335 e. The molecule has 0 aliphatic rings. The second-order valence-electron chi connectivity index (χ2n) is 4.56. The normalized spacial score (nSPS) is 13.5. The Morgan fingerprint density at radius 2 is 2.19 bits per heavy atom. The summed E-state index contributed by atoms with van der Waals surface area (Å²) in [5.41, 5.74) is -0.657. The van der Waals surface area contributed by atoms with Crippen LogP contribution >= 0.6 is 11.6 Å². The van der Waals surface area contributed by atoms with Crippen LogP contribution in [-0.4, -0.2) is 16.1 Å². The second kappa shape index (κ2) is 6.10. The molecule has 1 aromatic carbocycles. The van der Waals surface area contributed by atoms with E-state index in [-0.39, 0.29) is 12.1 Å². The predicted octanol–water partition coefficient (Wildman–Crippen LogP) is 3.68. The third-order valence-electron chi connectivity index (χ3n) is 3.24. The van der Waals surface area contributed by atoms with Crippen LogP contribution in [-0.2, 0) is 10.3 Å². The fourth-order valence-electron chi connectivity index (χ4n) is 2.09. The van der Waals surface area contributed by atoms with E-state index in [1.165, 1.54) is 12.1 Å². The van der Waals surface area contributed by atoms with Gasteiger partial charge in [-0.2, -0.15) is 0 Å². The summed E-state index contributed by atoms with van der Waals surface area (Å²) in [5, 5.41) is 13.1. The molecule has 1 heterocycles. The molecule has 0 fully saturated rings. The van der Waals surface area contributed by atoms with Gasteiger partial charge in [-0.1, -0.05) is 24.6 Å². The number of benzene rings is 1. The van der Waals surface area contributed by atoms with Gasteiger partial charge in [-0.15, -0.1) is 0 Å². The zero-order valence-corrected chi connectivity index (χ0v) is 12.1. The molecule has 0 saturated carbocycles. The maximum Gasteiger partial charge on any atom is 0.335 e. The zero-order chi connectivity index (χ0) is 15.5. The Bertz CT molecular complexity index is 648. The third-order valence-corrected chi connectivity index (χ3v) is 3.48. The van der Waals surface area contributed by atoms with Gasteiger partial charge >= 0.3 is 5.97 Å². The van der Waals surface area contributed by atoms with Gasteiger partial charge in [-0.3, -0.25) is 4.98 Å². The first-order valence-electron chi connectivity index (χ1n) is 6.37. The van der Waals surface area contributed by atoms with Crippen molar-refractivity contribution in [1.29, 1.82) is 0 Å². The van der Waals surface area contributed by atoms with E-state index >= 15 is 0 Å². The topological polar surface area (TPSA) is 62.2 Å². The van der Waals surface area contributed by atoms with Crippen LogP contribution in [0.25, 0.3) is 0 Å². The van der Waals surface area contributed by atoms with Crippen molar-refractivity contribution < 1.29 is 14.3 Å². The Balaban J connectivity index is 2.46. The summed E-state index contributed by atoms with van der Waals surface area (Å²) in [4.78, 5) is 15.7. The highest BCUT2D eigenvalue weighted by Crippen LogP contribution is 2.30. The SMILES string of the molecule is CCC(Nc1cccc(Cl)c1)(C(=O)O)c1ccc(F)cn1. The van der Waals surface area contributed by atoms with Crippen molar-refractivity contribution >= 4 is 23.3 Å². The largest absolute Gasteiger partial charge is 0.479 e. The van der Waals surface area contributed by atoms with Gasteiger partial charge in [0.1, 0.15) is 5.82 Å². The van der Waals surface area contributed by atoms with Gasteiger partial charge in [-0.25, -0.2) is 9.18 Å². The highest BCUT2D eigenvalue weighted by Gasteiger charge is 2.40. The van der Waals surface area contributed by atoms with Gasteiger partial charge in [0.15, 0.2) is 5.54 Å². The quantitative estimate of drug-likeness (QED) is 0.884.